The molecule has 0 bridgehead atoms. The van der Waals surface area contributed by atoms with Crippen molar-refractivity contribution in [3.05, 3.63) is 88.0 Å². The van der Waals surface area contributed by atoms with Crippen LogP contribution in [-0.2, 0) is 9.53 Å². The summed E-state index contributed by atoms with van der Waals surface area (Å²) in [5, 5.41) is 11.4. The Bertz CT molecular complexity index is 1050. The summed E-state index contributed by atoms with van der Waals surface area (Å²) in [6.07, 6.45) is 3.92. The number of hydrogen-bond acceptors (Lipinski definition) is 3. The maximum atomic E-state index is 10.7. The summed E-state index contributed by atoms with van der Waals surface area (Å²) in [7, 11) is 0. The number of aliphatic carboxylic acids is 1. The molecule has 0 saturated carbocycles. The van der Waals surface area contributed by atoms with E-state index in [0.29, 0.717) is 28.7 Å². The lowest BCUT2D eigenvalue weighted by atomic mass is 9.96. The topological polar surface area (TPSA) is 72.5 Å². The van der Waals surface area contributed by atoms with E-state index in [1.165, 1.54) is 0 Å². The molecule has 0 heterocycles. The zero-order valence-electron chi connectivity index (χ0n) is 17.8. The molecule has 0 aliphatic rings. The lowest BCUT2D eigenvalue weighted by Crippen LogP contribution is -2.00. The number of benzene rings is 2. The zero-order valence-corrected chi connectivity index (χ0v) is 18.6. The minimum absolute atomic E-state index is 0.0153. The molecule has 0 fully saturated rings. The van der Waals surface area contributed by atoms with E-state index in [4.69, 9.17) is 27.2 Å². The van der Waals surface area contributed by atoms with E-state index >= 15 is 0 Å². The van der Waals surface area contributed by atoms with E-state index in [0.717, 1.165) is 27.5 Å². The van der Waals surface area contributed by atoms with Gasteiger partial charge in [0.15, 0.2) is 0 Å². The van der Waals surface area contributed by atoms with Crippen molar-refractivity contribution >= 4 is 33.9 Å². The predicted octanol–water partition coefficient (Wildman–Crippen LogP) is 6.73. The summed E-state index contributed by atoms with van der Waals surface area (Å²) in [5.74, 6) is 0.279. The van der Waals surface area contributed by atoms with Gasteiger partial charge in [0.1, 0.15) is 11.5 Å². The van der Waals surface area contributed by atoms with Crippen LogP contribution in [0.5, 0.6) is 0 Å². The van der Waals surface area contributed by atoms with Gasteiger partial charge in [-0.15, -0.1) is 0 Å². The Labute approximate surface area is 183 Å². The van der Waals surface area contributed by atoms with Gasteiger partial charge in [0.25, 0.3) is 0 Å². The van der Waals surface area contributed by atoms with Gasteiger partial charge in [-0.1, -0.05) is 60.1 Å². The molecule has 4 nitrogen and oxygen atoms in total. The second-order valence-electron chi connectivity index (χ2n) is 7.29. The summed E-state index contributed by atoms with van der Waals surface area (Å²) in [5.41, 5.74) is 9.70. The van der Waals surface area contributed by atoms with Crippen LogP contribution >= 0.6 is 11.6 Å². The molecule has 5 heteroatoms. The molecule has 0 amide bonds. The fraction of sp³-hybridized carbons (Fsp3) is 0.240. The summed E-state index contributed by atoms with van der Waals surface area (Å²) < 4.78 is 6.05. The van der Waals surface area contributed by atoms with Gasteiger partial charge in [0, 0.05) is 17.7 Å². The molecule has 2 rings (SSSR count). The third-order valence-corrected chi connectivity index (χ3v) is 4.79. The molecule has 30 heavy (non-hydrogen) atoms. The standard InChI is InChI=1S/C25H28ClNO3/c1-16(2)25(23(26)13-8-14-24(28)29)30-17(3)15-22(18(4)27)21-12-7-10-19-9-5-6-11-20(19)21/h5-7,9-13,15H,8,14,27H2,1-4H3,(H,28,29)/b17-15+,22-18-,23-13+. The molecule has 2 aromatic rings. The fourth-order valence-corrected chi connectivity index (χ4v) is 3.40. The second-order valence-corrected chi connectivity index (χ2v) is 7.70. The van der Waals surface area contributed by atoms with Crippen LogP contribution in [0.1, 0.15) is 46.1 Å². The highest BCUT2D eigenvalue weighted by Gasteiger charge is 2.11. The van der Waals surface area contributed by atoms with Crippen LogP contribution in [-0.4, -0.2) is 11.1 Å². The summed E-state index contributed by atoms with van der Waals surface area (Å²) >= 11 is 6.38. The number of fused-ring (bicyclic) bond motifs is 1. The van der Waals surface area contributed by atoms with E-state index in [1.54, 1.807) is 6.08 Å². The first-order valence-electron chi connectivity index (χ1n) is 9.76. The van der Waals surface area contributed by atoms with Crippen molar-refractivity contribution in [2.24, 2.45) is 5.73 Å². The van der Waals surface area contributed by atoms with Crippen molar-refractivity contribution in [1.29, 1.82) is 0 Å². The Morgan fingerprint density at radius 2 is 1.77 bits per heavy atom. The van der Waals surface area contributed by atoms with Crippen molar-refractivity contribution in [3.8, 4) is 0 Å². The van der Waals surface area contributed by atoms with Crippen molar-refractivity contribution < 1.29 is 14.6 Å². The molecule has 2 aromatic carbocycles. The van der Waals surface area contributed by atoms with Crippen LogP contribution in [0.4, 0.5) is 0 Å². The highest BCUT2D eigenvalue weighted by Crippen LogP contribution is 2.30. The third-order valence-electron chi connectivity index (χ3n) is 4.47. The van der Waals surface area contributed by atoms with Gasteiger partial charge in [-0.25, -0.2) is 0 Å². The van der Waals surface area contributed by atoms with Crippen LogP contribution in [0.2, 0.25) is 0 Å². The van der Waals surface area contributed by atoms with E-state index < -0.39 is 5.97 Å². The molecular formula is C25H28ClNO3. The number of hydrogen-bond donors (Lipinski definition) is 2. The van der Waals surface area contributed by atoms with Gasteiger partial charge < -0.3 is 15.6 Å². The summed E-state index contributed by atoms with van der Waals surface area (Å²) in [4.78, 5) is 10.7. The number of allylic oxidation sites excluding steroid dienone is 7. The first-order chi connectivity index (χ1) is 14.2. The lowest BCUT2D eigenvalue weighted by molar-refractivity contribution is -0.136. The fourth-order valence-electron chi connectivity index (χ4n) is 3.06. The average molecular weight is 426 g/mol. The average Bonchev–Trinajstić information content (AvgIpc) is 2.69. The van der Waals surface area contributed by atoms with Crippen LogP contribution in [0.25, 0.3) is 16.3 Å². The van der Waals surface area contributed by atoms with Gasteiger partial charge in [-0.2, -0.15) is 0 Å². The maximum Gasteiger partial charge on any atom is 0.303 e. The Morgan fingerprint density at radius 3 is 2.40 bits per heavy atom. The monoisotopic (exact) mass is 425 g/mol. The second kappa shape index (κ2) is 10.7. The predicted molar refractivity (Wildman–Crippen MR) is 125 cm³/mol. The minimum Gasteiger partial charge on any atom is -0.481 e. The van der Waals surface area contributed by atoms with Gasteiger partial charge in [0.2, 0.25) is 0 Å². The first kappa shape index (κ1) is 23.3. The van der Waals surface area contributed by atoms with E-state index in [9.17, 15) is 4.79 Å². The smallest absolute Gasteiger partial charge is 0.303 e. The third kappa shape index (κ3) is 6.26. The van der Waals surface area contributed by atoms with Crippen LogP contribution in [0.15, 0.2) is 82.4 Å². The molecule has 0 aliphatic carbocycles. The molecule has 0 spiro atoms. The van der Waals surface area contributed by atoms with Gasteiger partial charge in [-0.05, 0) is 62.1 Å². The summed E-state index contributed by atoms with van der Waals surface area (Å²) in [6, 6.07) is 14.3. The number of nitrogens with two attached hydrogens (primary N) is 1. The molecule has 0 unspecified atom stereocenters. The zero-order chi connectivity index (χ0) is 22.3. The lowest BCUT2D eigenvalue weighted by Gasteiger charge is -2.15. The molecular weight excluding hydrogens is 398 g/mol. The Balaban J connectivity index is 2.37. The first-order valence-corrected chi connectivity index (χ1v) is 10.1. The largest absolute Gasteiger partial charge is 0.481 e. The van der Waals surface area contributed by atoms with Crippen molar-refractivity contribution in [2.45, 2.75) is 40.5 Å². The maximum absolute atomic E-state index is 10.7. The molecule has 0 aromatic heterocycles. The van der Waals surface area contributed by atoms with Gasteiger partial charge in [-0.3, -0.25) is 4.79 Å². The SMILES string of the molecule is CC(C)=C(O/C(C)=C/C(=C(\C)N)c1cccc2ccccc12)/C(Cl)=C\CCC(=O)O. The number of rotatable bonds is 8. The Hall–Kier alpha value is -2.98. The highest BCUT2D eigenvalue weighted by molar-refractivity contribution is 6.31. The Morgan fingerprint density at radius 1 is 1.10 bits per heavy atom. The van der Waals surface area contributed by atoms with E-state index in [-0.39, 0.29) is 6.42 Å². The molecule has 158 valence electrons. The van der Waals surface area contributed by atoms with Crippen LogP contribution in [0.3, 0.4) is 0 Å². The van der Waals surface area contributed by atoms with Crippen LogP contribution in [0, 0.1) is 0 Å². The van der Waals surface area contributed by atoms with Crippen LogP contribution < -0.4 is 5.73 Å². The molecule has 0 radical (unpaired) electrons. The number of ether oxygens (including phenoxy) is 1. The highest BCUT2D eigenvalue weighted by atomic mass is 35.5. The van der Waals surface area contributed by atoms with Crippen molar-refractivity contribution in [1.82, 2.24) is 0 Å². The normalized spacial score (nSPS) is 13.1. The molecule has 0 atom stereocenters. The van der Waals surface area contributed by atoms with Gasteiger partial charge >= 0.3 is 5.97 Å². The molecule has 0 saturated heterocycles. The molecule has 3 N–H and O–H groups in total. The number of halogens is 1. The van der Waals surface area contributed by atoms with Crippen molar-refractivity contribution in [2.75, 3.05) is 0 Å². The minimum atomic E-state index is -0.866. The molecule has 0 aliphatic heterocycles. The Kier molecular flexibility index (Phi) is 8.31. The number of carbonyl (C=O) groups is 1. The quantitative estimate of drug-likeness (QED) is 0.363. The van der Waals surface area contributed by atoms with E-state index in [1.807, 2.05) is 58.0 Å². The summed E-state index contributed by atoms with van der Waals surface area (Å²) in [6.45, 7) is 7.50. The van der Waals surface area contributed by atoms with Gasteiger partial charge in [0.05, 0.1) is 5.03 Å². The van der Waals surface area contributed by atoms with Crippen molar-refractivity contribution in [3.63, 3.8) is 0 Å². The number of carboxylic acids is 1. The number of carboxylic acid groups (broad SMARTS) is 1. The van der Waals surface area contributed by atoms with E-state index in [2.05, 4.69) is 18.2 Å².